The molecule has 168 valence electrons. The molecule has 6 rings (SSSR count). The summed E-state index contributed by atoms with van der Waals surface area (Å²) >= 11 is 0. The molecule has 0 saturated heterocycles. The highest BCUT2D eigenvalue weighted by atomic mass is 16.3. The van der Waals surface area contributed by atoms with E-state index in [-0.39, 0.29) is 0 Å². The van der Waals surface area contributed by atoms with Gasteiger partial charge >= 0.3 is 0 Å². The second kappa shape index (κ2) is 8.10. The second-order valence-corrected chi connectivity index (χ2v) is 9.22. The summed E-state index contributed by atoms with van der Waals surface area (Å²) in [6.45, 7) is 3.08. The van der Waals surface area contributed by atoms with Crippen LogP contribution in [0.4, 0.5) is 11.5 Å². The number of hydrogen-bond donors (Lipinski definition) is 2. The van der Waals surface area contributed by atoms with Crippen molar-refractivity contribution in [3.63, 3.8) is 0 Å². The number of furan rings is 1. The summed E-state index contributed by atoms with van der Waals surface area (Å²) in [5, 5.41) is 9.19. The molecule has 1 aromatic carbocycles. The van der Waals surface area contributed by atoms with E-state index in [0.29, 0.717) is 17.4 Å². The maximum atomic E-state index is 6.25. The van der Waals surface area contributed by atoms with Crippen molar-refractivity contribution in [2.75, 3.05) is 17.6 Å². The fraction of sp³-hybridized carbons (Fsp3) is 0.333. The van der Waals surface area contributed by atoms with Crippen LogP contribution in [-0.4, -0.2) is 21.3 Å². The van der Waals surface area contributed by atoms with Gasteiger partial charge in [0.15, 0.2) is 11.4 Å². The molecule has 3 aromatic heterocycles. The Morgan fingerprint density at radius 3 is 2.85 bits per heavy atom. The van der Waals surface area contributed by atoms with Crippen LogP contribution in [0.1, 0.15) is 57.1 Å². The van der Waals surface area contributed by atoms with E-state index in [4.69, 9.17) is 10.2 Å². The van der Waals surface area contributed by atoms with Crippen molar-refractivity contribution in [1.82, 2.24) is 14.8 Å². The first-order valence-electron chi connectivity index (χ1n) is 12.0. The Labute approximate surface area is 193 Å². The van der Waals surface area contributed by atoms with Crippen LogP contribution < -0.4 is 11.1 Å². The van der Waals surface area contributed by atoms with Crippen LogP contribution in [0.25, 0.3) is 39.5 Å². The van der Waals surface area contributed by atoms with Crippen molar-refractivity contribution >= 4 is 28.6 Å². The van der Waals surface area contributed by atoms with E-state index in [0.717, 1.165) is 46.5 Å². The highest BCUT2D eigenvalue weighted by Gasteiger charge is 2.20. The molecule has 6 nitrogen and oxygen atoms in total. The average molecular weight is 440 g/mol. The molecule has 0 spiro atoms. The van der Waals surface area contributed by atoms with Gasteiger partial charge in [-0.3, -0.25) is 4.68 Å². The number of aromatic nitrogens is 3. The topological polar surface area (TPSA) is 81.9 Å². The molecule has 1 aliphatic carbocycles. The Balaban J connectivity index is 1.39. The summed E-state index contributed by atoms with van der Waals surface area (Å²) in [6.07, 6.45) is 15.6. The van der Waals surface area contributed by atoms with Crippen molar-refractivity contribution < 1.29 is 4.42 Å². The van der Waals surface area contributed by atoms with Crippen LogP contribution in [0.3, 0.4) is 0 Å². The van der Waals surface area contributed by atoms with Gasteiger partial charge in [0.05, 0.1) is 12.2 Å². The van der Waals surface area contributed by atoms with Gasteiger partial charge in [0.1, 0.15) is 5.76 Å². The Morgan fingerprint density at radius 1 is 1.12 bits per heavy atom. The van der Waals surface area contributed by atoms with Gasteiger partial charge in [-0.25, -0.2) is 4.98 Å². The molecule has 1 fully saturated rings. The monoisotopic (exact) mass is 439 g/mol. The lowest BCUT2D eigenvalue weighted by Crippen LogP contribution is -2.12. The van der Waals surface area contributed by atoms with E-state index in [2.05, 4.69) is 63.5 Å². The zero-order valence-electron chi connectivity index (χ0n) is 19.0. The van der Waals surface area contributed by atoms with E-state index in [1.165, 1.54) is 43.2 Å². The van der Waals surface area contributed by atoms with Gasteiger partial charge in [-0.15, -0.1) is 0 Å². The molecule has 1 aliphatic heterocycles. The summed E-state index contributed by atoms with van der Waals surface area (Å²) < 4.78 is 8.38. The first-order valence-corrected chi connectivity index (χ1v) is 12.0. The van der Waals surface area contributed by atoms with Crippen molar-refractivity contribution in [2.45, 2.75) is 51.5 Å². The van der Waals surface area contributed by atoms with Crippen molar-refractivity contribution in [3.8, 4) is 22.5 Å². The van der Waals surface area contributed by atoms with E-state index >= 15 is 0 Å². The summed E-state index contributed by atoms with van der Waals surface area (Å²) in [5.74, 6) is 1.20. The molecule has 4 heterocycles. The van der Waals surface area contributed by atoms with Crippen LogP contribution in [0, 0.1) is 0 Å². The Morgan fingerprint density at radius 2 is 2.00 bits per heavy atom. The predicted octanol–water partition coefficient (Wildman–Crippen LogP) is 6.66. The minimum absolute atomic E-state index is 0.409. The molecular weight excluding hydrogens is 410 g/mol. The number of nitrogens with zero attached hydrogens (tertiary/aromatic N) is 3. The van der Waals surface area contributed by atoms with E-state index < -0.39 is 0 Å². The Kier molecular flexibility index (Phi) is 4.93. The molecule has 33 heavy (non-hydrogen) atoms. The maximum Gasteiger partial charge on any atom is 0.177 e. The van der Waals surface area contributed by atoms with Crippen LogP contribution in [-0.2, 0) is 0 Å². The minimum Gasteiger partial charge on any atom is -0.452 e. The first-order chi connectivity index (χ1) is 16.2. The normalized spacial score (nSPS) is 16.5. The molecule has 0 radical (unpaired) electrons. The third kappa shape index (κ3) is 3.59. The zero-order chi connectivity index (χ0) is 22.4. The van der Waals surface area contributed by atoms with E-state index in [1.54, 1.807) is 0 Å². The predicted molar refractivity (Wildman–Crippen MR) is 134 cm³/mol. The average Bonchev–Trinajstić information content (AvgIpc) is 3.53. The fourth-order valence-corrected chi connectivity index (χ4v) is 5.13. The number of pyridine rings is 1. The minimum atomic E-state index is 0.409. The lowest BCUT2D eigenvalue weighted by atomic mass is 9.96. The Bertz CT molecular complexity index is 1360. The van der Waals surface area contributed by atoms with Crippen LogP contribution >= 0.6 is 0 Å². The smallest absolute Gasteiger partial charge is 0.177 e. The standard InChI is InChI=1S/C27H29N5O/c1-2-17-10-18-8-9-19(11-24(18)29-13-17)25-12-22-23(15-30-27(28)26(22)33-25)20-14-31-32(16-20)21-6-4-3-5-7-21/h8-12,14-16,21,29H,2-7,13H2,1H3,(H2,28,30). The maximum absolute atomic E-state index is 6.25. The number of anilines is 2. The number of nitrogen functional groups attached to an aromatic ring is 1. The van der Waals surface area contributed by atoms with Gasteiger partial charge in [-0.2, -0.15) is 5.10 Å². The lowest BCUT2D eigenvalue weighted by molar-refractivity contribution is 0.329. The number of benzene rings is 1. The summed E-state index contributed by atoms with van der Waals surface area (Å²) in [7, 11) is 0. The van der Waals surface area contributed by atoms with Gasteiger partial charge in [0, 0.05) is 46.7 Å². The molecule has 3 N–H and O–H groups in total. The van der Waals surface area contributed by atoms with Gasteiger partial charge in [-0.05, 0) is 37.0 Å². The summed E-state index contributed by atoms with van der Waals surface area (Å²) in [5.41, 5.74) is 13.7. The van der Waals surface area contributed by atoms with E-state index in [1.807, 2.05) is 12.4 Å². The fourth-order valence-electron chi connectivity index (χ4n) is 5.13. The van der Waals surface area contributed by atoms with E-state index in [9.17, 15) is 0 Å². The third-order valence-electron chi connectivity index (χ3n) is 7.11. The third-order valence-corrected chi connectivity index (χ3v) is 7.11. The molecule has 0 atom stereocenters. The molecule has 0 bridgehead atoms. The molecule has 0 unspecified atom stereocenters. The molecule has 0 amide bonds. The SMILES string of the molecule is CCC1=Cc2ccc(-c3cc4c(-c5cnn(C6CCCCC6)c5)cnc(N)c4o3)cc2NC1. The zero-order valence-corrected chi connectivity index (χ0v) is 19.0. The van der Waals surface area contributed by atoms with Crippen LogP contribution in [0.2, 0.25) is 0 Å². The molecule has 2 aliphatic rings. The molecule has 1 saturated carbocycles. The summed E-state index contributed by atoms with van der Waals surface area (Å²) in [4.78, 5) is 4.43. The van der Waals surface area contributed by atoms with Crippen molar-refractivity contribution in [2.24, 2.45) is 0 Å². The quantitative estimate of drug-likeness (QED) is 0.371. The van der Waals surface area contributed by atoms with Crippen LogP contribution in [0.15, 0.2) is 52.8 Å². The molecular formula is C27H29N5O. The van der Waals surface area contributed by atoms with Gasteiger partial charge in [0.2, 0.25) is 0 Å². The van der Waals surface area contributed by atoms with Gasteiger partial charge < -0.3 is 15.5 Å². The van der Waals surface area contributed by atoms with Crippen molar-refractivity contribution in [1.29, 1.82) is 0 Å². The Hall–Kier alpha value is -3.54. The highest BCUT2D eigenvalue weighted by molar-refractivity contribution is 6.00. The summed E-state index contributed by atoms with van der Waals surface area (Å²) in [6, 6.07) is 8.99. The molecule has 4 aromatic rings. The second-order valence-electron chi connectivity index (χ2n) is 9.22. The molecule has 6 heteroatoms. The number of hydrogen-bond acceptors (Lipinski definition) is 5. The first kappa shape index (κ1) is 20.1. The highest BCUT2D eigenvalue weighted by Crippen LogP contribution is 2.38. The van der Waals surface area contributed by atoms with Crippen LogP contribution in [0.5, 0.6) is 0 Å². The van der Waals surface area contributed by atoms with Crippen molar-refractivity contribution in [3.05, 3.63) is 54.0 Å². The number of fused-ring (bicyclic) bond motifs is 2. The van der Waals surface area contributed by atoms with Gasteiger partial charge in [-0.1, -0.05) is 50.0 Å². The number of rotatable bonds is 4. The van der Waals surface area contributed by atoms with Gasteiger partial charge in [0.25, 0.3) is 0 Å². The lowest BCUT2D eigenvalue weighted by Gasteiger charge is -2.21. The largest absolute Gasteiger partial charge is 0.452 e. The number of nitrogens with two attached hydrogens (primary N) is 1. The number of nitrogens with one attached hydrogen (secondary N) is 1.